The molecule has 0 fully saturated rings. The summed E-state index contributed by atoms with van der Waals surface area (Å²) in [5.41, 5.74) is 3.58. The van der Waals surface area contributed by atoms with Crippen LogP contribution in [-0.2, 0) is 23.9 Å². The topological polar surface area (TPSA) is 100 Å². The molecule has 2 aromatic rings. The van der Waals surface area contributed by atoms with E-state index in [0.29, 0.717) is 47.1 Å². The zero-order valence-corrected chi connectivity index (χ0v) is 23.0. The van der Waals surface area contributed by atoms with Crippen LogP contribution < -0.4 is 14.8 Å². The summed E-state index contributed by atoms with van der Waals surface area (Å²) in [5.74, 6) is -2.32. The smallest absolute Gasteiger partial charge is 0.336 e. The van der Waals surface area contributed by atoms with E-state index in [1.807, 2.05) is 62.4 Å². The standard InChI is InChI=1S/C31H35NO7/c1-6-37-22-15-11-20(12-16-22)26-25(30(34)38-7-2)18(4)32-24-17-23(19-9-13-21(36-5)14-10-19)27(29(33)28(24)26)31(35)39-8-3/h9-16,23,26-27,32H,6-8,17H2,1-5H3/t23-,26-,27+/m0/s1. The average molecular weight is 534 g/mol. The zero-order chi connectivity index (χ0) is 28.1. The molecule has 1 N–H and O–H groups in total. The lowest BCUT2D eigenvalue weighted by Gasteiger charge is -2.39. The van der Waals surface area contributed by atoms with Gasteiger partial charge in [-0.25, -0.2) is 4.79 Å². The summed E-state index contributed by atoms with van der Waals surface area (Å²) in [5, 5.41) is 3.32. The summed E-state index contributed by atoms with van der Waals surface area (Å²) >= 11 is 0. The van der Waals surface area contributed by atoms with Crippen LogP contribution in [0, 0.1) is 5.92 Å². The Hall–Kier alpha value is -4.07. The third-order valence-electron chi connectivity index (χ3n) is 7.12. The van der Waals surface area contributed by atoms with Crippen molar-refractivity contribution in [1.82, 2.24) is 5.32 Å². The highest BCUT2D eigenvalue weighted by Gasteiger charge is 2.49. The number of rotatable bonds is 9. The van der Waals surface area contributed by atoms with Crippen LogP contribution in [0.15, 0.2) is 71.1 Å². The molecule has 0 bridgehead atoms. The van der Waals surface area contributed by atoms with Gasteiger partial charge in [-0.1, -0.05) is 24.3 Å². The molecule has 2 aromatic carbocycles. The normalized spacial score (nSPS) is 20.6. The second-order valence-corrected chi connectivity index (χ2v) is 9.39. The van der Waals surface area contributed by atoms with Crippen molar-refractivity contribution in [3.8, 4) is 11.5 Å². The van der Waals surface area contributed by atoms with Gasteiger partial charge in [0.1, 0.15) is 17.4 Å². The number of hydrogen-bond acceptors (Lipinski definition) is 8. The molecular formula is C31H35NO7. The fraction of sp³-hybridized carbons (Fsp3) is 0.387. The van der Waals surface area contributed by atoms with Gasteiger partial charge in [0.25, 0.3) is 0 Å². The van der Waals surface area contributed by atoms with E-state index in [0.717, 1.165) is 11.1 Å². The quantitative estimate of drug-likeness (QED) is 0.362. The maximum atomic E-state index is 14.3. The van der Waals surface area contributed by atoms with Crippen molar-refractivity contribution in [3.05, 3.63) is 82.2 Å². The Kier molecular flexibility index (Phi) is 8.74. The number of Topliss-reactive ketones (excluding diaryl/α,β-unsaturated/α-hetero) is 1. The second kappa shape index (κ2) is 12.2. The summed E-state index contributed by atoms with van der Waals surface area (Å²) < 4.78 is 21.7. The van der Waals surface area contributed by atoms with E-state index in [9.17, 15) is 14.4 Å². The molecule has 8 heteroatoms. The predicted octanol–water partition coefficient (Wildman–Crippen LogP) is 4.81. The monoisotopic (exact) mass is 533 g/mol. The number of ketones is 1. The highest BCUT2D eigenvalue weighted by atomic mass is 16.5. The lowest BCUT2D eigenvalue weighted by Crippen LogP contribution is -2.43. The molecule has 2 aliphatic rings. The van der Waals surface area contributed by atoms with Crippen molar-refractivity contribution in [2.75, 3.05) is 26.9 Å². The van der Waals surface area contributed by atoms with Crippen molar-refractivity contribution in [1.29, 1.82) is 0 Å². The molecule has 4 rings (SSSR count). The Morgan fingerprint density at radius 1 is 0.872 bits per heavy atom. The lowest BCUT2D eigenvalue weighted by molar-refractivity contribution is -0.152. The van der Waals surface area contributed by atoms with Gasteiger partial charge in [-0.3, -0.25) is 9.59 Å². The summed E-state index contributed by atoms with van der Waals surface area (Å²) in [6, 6.07) is 14.7. The van der Waals surface area contributed by atoms with Crippen LogP contribution in [0.1, 0.15) is 57.1 Å². The number of dihydropyridines is 1. The van der Waals surface area contributed by atoms with E-state index in [1.165, 1.54) is 0 Å². The fourth-order valence-corrected chi connectivity index (χ4v) is 5.44. The molecule has 3 atom stereocenters. The van der Waals surface area contributed by atoms with Crippen LogP contribution in [0.2, 0.25) is 0 Å². The number of carbonyl (C=O) groups is 3. The molecule has 1 aliphatic heterocycles. The molecule has 1 heterocycles. The molecule has 0 radical (unpaired) electrons. The van der Waals surface area contributed by atoms with Crippen molar-refractivity contribution in [3.63, 3.8) is 0 Å². The lowest BCUT2D eigenvalue weighted by atomic mass is 9.67. The number of nitrogens with one attached hydrogen (secondary N) is 1. The maximum absolute atomic E-state index is 14.3. The Bertz CT molecular complexity index is 1290. The third kappa shape index (κ3) is 5.55. The van der Waals surface area contributed by atoms with Crippen molar-refractivity contribution < 1.29 is 33.3 Å². The summed E-state index contributed by atoms with van der Waals surface area (Å²) in [6.45, 7) is 8.02. The van der Waals surface area contributed by atoms with Crippen molar-refractivity contribution in [2.45, 2.75) is 46.0 Å². The minimum atomic E-state index is -1.06. The molecule has 0 spiro atoms. The van der Waals surface area contributed by atoms with Gasteiger partial charge in [0, 0.05) is 28.8 Å². The number of ether oxygens (including phenoxy) is 4. The molecule has 0 saturated heterocycles. The van der Waals surface area contributed by atoms with Crippen LogP contribution >= 0.6 is 0 Å². The van der Waals surface area contributed by atoms with E-state index in [2.05, 4.69) is 5.32 Å². The molecule has 0 saturated carbocycles. The number of hydrogen-bond donors (Lipinski definition) is 1. The summed E-state index contributed by atoms with van der Waals surface area (Å²) in [6.07, 6.45) is 0.387. The Morgan fingerprint density at radius 2 is 1.49 bits per heavy atom. The Morgan fingerprint density at radius 3 is 2.08 bits per heavy atom. The molecule has 0 unspecified atom stereocenters. The van der Waals surface area contributed by atoms with E-state index >= 15 is 0 Å². The summed E-state index contributed by atoms with van der Waals surface area (Å²) in [7, 11) is 1.58. The van der Waals surface area contributed by atoms with Crippen molar-refractivity contribution in [2.24, 2.45) is 5.92 Å². The number of allylic oxidation sites excluding steroid dienone is 3. The minimum Gasteiger partial charge on any atom is -0.497 e. The van der Waals surface area contributed by atoms with Gasteiger partial charge in [-0.05, 0) is 69.5 Å². The Labute approximate surface area is 229 Å². The Balaban J connectivity index is 1.86. The highest BCUT2D eigenvalue weighted by molar-refractivity contribution is 6.13. The second-order valence-electron chi connectivity index (χ2n) is 9.39. The largest absolute Gasteiger partial charge is 0.497 e. The van der Waals surface area contributed by atoms with Gasteiger partial charge in [0.15, 0.2) is 5.78 Å². The van der Waals surface area contributed by atoms with Gasteiger partial charge in [-0.2, -0.15) is 0 Å². The van der Waals surface area contributed by atoms with Crippen LogP contribution in [0.4, 0.5) is 0 Å². The number of esters is 2. The first kappa shape index (κ1) is 28.0. The van der Waals surface area contributed by atoms with E-state index < -0.39 is 29.7 Å². The molecule has 206 valence electrons. The van der Waals surface area contributed by atoms with E-state index in [4.69, 9.17) is 18.9 Å². The zero-order valence-electron chi connectivity index (χ0n) is 23.0. The number of methoxy groups -OCH3 is 1. The molecule has 0 aromatic heterocycles. The van der Waals surface area contributed by atoms with Crippen molar-refractivity contribution >= 4 is 17.7 Å². The van der Waals surface area contributed by atoms with Gasteiger partial charge >= 0.3 is 11.9 Å². The van der Waals surface area contributed by atoms with Crippen LogP contribution in [-0.4, -0.2) is 44.7 Å². The molecule has 8 nitrogen and oxygen atoms in total. The molecule has 1 aliphatic carbocycles. The molecule has 39 heavy (non-hydrogen) atoms. The SMILES string of the molecule is CCOC(=O)C1=C(C)NC2=C(C(=O)[C@H](C(=O)OCC)[C@H](c3ccc(OC)cc3)C2)[C@H]1c1ccc(OCC)cc1. The van der Waals surface area contributed by atoms with Gasteiger partial charge < -0.3 is 24.3 Å². The van der Waals surface area contributed by atoms with E-state index in [-0.39, 0.29) is 19.0 Å². The van der Waals surface area contributed by atoms with Crippen LogP contribution in [0.25, 0.3) is 0 Å². The average Bonchev–Trinajstić information content (AvgIpc) is 2.93. The van der Waals surface area contributed by atoms with E-state index in [1.54, 1.807) is 21.0 Å². The first-order valence-corrected chi connectivity index (χ1v) is 13.3. The van der Waals surface area contributed by atoms with Gasteiger partial charge in [0.05, 0.1) is 32.5 Å². The maximum Gasteiger partial charge on any atom is 0.336 e. The first-order chi connectivity index (χ1) is 18.8. The fourth-order valence-electron chi connectivity index (χ4n) is 5.44. The minimum absolute atomic E-state index is 0.150. The number of benzene rings is 2. The van der Waals surface area contributed by atoms with Crippen LogP contribution in [0.3, 0.4) is 0 Å². The first-order valence-electron chi connectivity index (χ1n) is 13.3. The van der Waals surface area contributed by atoms with Gasteiger partial charge in [0.2, 0.25) is 0 Å². The third-order valence-corrected chi connectivity index (χ3v) is 7.12. The summed E-state index contributed by atoms with van der Waals surface area (Å²) in [4.78, 5) is 40.9. The predicted molar refractivity (Wildman–Crippen MR) is 145 cm³/mol. The van der Waals surface area contributed by atoms with Gasteiger partial charge in [-0.15, -0.1) is 0 Å². The van der Waals surface area contributed by atoms with Crippen LogP contribution in [0.5, 0.6) is 11.5 Å². The molecule has 0 amide bonds. The highest BCUT2D eigenvalue weighted by Crippen LogP contribution is 2.48. The number of carbonyl (C=O) groups excluding carboxylic acids is 3. The molecular weight excluding hydrogens is 498 g/mol.